The van der Waals surface area contributed by atoms with Gasteiger partial charge in [-0.05, 0) is 25.7 Å². The van der Waals surface area contributed by atoms with Crippen molar-refractivity contribution in [2.75, 3.05) is 6.54 Å². The van der Waals surface area contributed by atoms with Gasteiger partial charge in [-0.25, -0.2) is 4.79 Å². The van der Waals surface area contributed by atoms with Crippen molar-refractivity contribution in [3.05, 3.63) is 12.2 Å². The Morgan fingerprint density at radius 1 is 0.912 bits per heavy atom. The van der Waals surface area contributed by atoms with E-state index in [-0.39, 0.29) is 49.4 Å². The molecule has 1 unspecified atom stereocenters. The number of carbonyl (C=O) groups is 7. The smallest absolute Gasteiger partial charge is 0.344 e. The topological polar surface area (TPSA) is 159 Å². The molecule has 2 aliphatic rings. The maximum absolute atomic E-state index is 12.6. The first-order chi connectivity index (χ1) is 16.0. The van der Waals surface area contributed by atoms with Gasteiger partial charge in [0, 0.05) is 38.0 Å². The minimum absolute atomic E-state index is 0.0416. The first-order valence-corrected chi connectivity index (χ1v) is 11.2. The van der Waals surface area contributed by atoms with Crippen molar-refractivity contribution >= 4 is 41.4 Å². The summed E-state index contributed by atoms with van der Waals surface area (Å²) in [5.41, 5.74) is 0. The van der Waals surface area contributed by atoms with Crippen LogP contribution in [0.4, 0.5) is 0 Å². The van der Waals surface area contributed by atoms with Gasteiger partial charge in [-0.1, -0.05) is 20.3 Å². The van der Waals surface area contributed by atoms with E-state index in [0.717, 1.165) is 4.90 Å². The Morgan fingerprint density at radius 2 is 1.50 bits per heavy atom. The lowest BCUT2D eigenvalue weighted by atomic mass is 10.0. The van der Waals surface area contributed by atoms with Gasteiger partial charge in [0.15, 0.2) is 0 Å². The van der Waals surface area contributed by atoms with Crippen molar-refractivity contribution in [1.82, 2.24) is 20.6 Å². The maximum atomic E-state index is 12.6. The first-order valence-electron chi connectivity index (χ1n) is 11.2. The summed E-state index contributed by atoms with van der Waals surface area (Å²) in [7, 11) is 0. The Labute approximate surface area is 197 Å². The Bertz CT molecular complexity index is 863. The molecule has 2 atom stereocenters. The van der Waals surface area contributed by atoms with Crippen molar-refractivity contribution in [3.63, 3.8) is 0 Å². The fourth-order valence-electron chi connectivity index (χ4n) is 3.35. The molecule has 2 N–H and O–H groups in total. The van der Waals surface area contributed by atoms with Gasteiger partial charge in [-0.2, -0.15) is 0 Å². The fraction of sp³-hybridized carbons (Fsp3) is 0.591. The van der Waals surface area contributed by atoms with Crippen LogP contribution in [0.25, 0.3) is 0 Å². The zero-order valence-corrected chi connectivity index (χ0v) is 19.5. The number of unbranched alkanes of at least 4 members (excludes halogenated alkanes) is 2. The van der Waals surface area contributed by atoms with Crippen molar-refractivity contribution in [1.29, 1.82) is 0 Å². The van der Waals surface area contributed by atoms with Gasteiger partial charge in [-0.3, -0.25) is 33.7 Å². The van der Waals surface area contributed by atoms with Crippen LogP contribution >= 0.6 is 0 Å². The quantitative estimate of drug-likeness (QED) is 0.286. The minimum Gasteiger partial charge on any atom is -0.344 e. The van der Waals surface area contributed by atoms with Gasteiger partial charge < -0.3 is 15.5 Å². The number of amides is 6. The first kappa shape index (κ1) is 26.7. The molecule has 12 heteroatoms. The molecule has 0 bridgehead atoms. The van der Waals surface area contributed by atoms with E-state index in [4.69, 9.17) is 4.84 Å². The third-order valence-electron chi connectivity index (χ3n) is 5.35. The molecular formula is C22H30N4O8. The second-order valence-corrected chi connectivity index (χ2v) is 8.48. The monoisotopic (exact) mass is 478 g/mol. The molecule has 2 rings (SSSR count). The zero-order valence-electron chi connectivity index (χ0n) is 19.5. The lowest BCUT2D eigenvalue weighted by Crippen LogP contribution is -2.53. The minimum atomic E-state index is -1.16. The maximum Gasteiger partial charge on any atom is 0.354 e. The van der Waals surface area contributed by atoms with E-state index in [9.17, 15) is 33.6 Å². The predicted octanol–water partition coefficient (Wildman–Crippen LogP) is -0.275. The molecule has 186 valence electrons. The van der Waals surface area contributed by atoms with Crippen LogP contribution in [0.3, 0.4) is 0 Å². The number of hydrogen-bond donors (Lipinski definition) is 2. The van der Waals surface area contributed by atoms with E-state index < -0.39 is 35.8 Å². The van der Waals surface area contributed by atoms with E-state index in [1.54, 1.807) is 13.8 Å². The Hall–Kier alpha value is -3.57. The largest absolute Gasteiger partial charge is 0.354 e. The normalized spacial score (nSPS) is 17.4. The van der Waals surface area contributed by atoms with Crippen LogP contribution in [-0.2, 0) is 38.4 Å². The van der Waals surface area contributed by atoms with E-state index >= 15 is 0 Å². The fourth-order valence-corrected chi connectivity index (χ4v) is 3.35. The summed E-state index contributed by atoms with van der Waals surface area (Å²) in [6, 6.07) is -2.07. The molecule has 2 aliphatic heterocycles. The SMILES string of the molecule is CC(C)C(NC(=O)CCCCCN1C(=O)C=CC1=O)C(=O)N[C@@H](C)C(=O)ON1C(=O)CCC1=O. The molecule has 6 amide bonds. The summed E-state index contributed by atoms with van der Waals surface area (Å²) in [5, 5.41) is 5.48. The summed E-state index contributed by atoms with van der Waals surface area (Å²) in [5.74, 6) is -4.16. The van der Waals surface area contributed by atoms with Gasteiger partial charge in [0.05, 0.1) is 0 Å². The number of nitrogens with one attached hydrogen (secondary N) is 2. The van der Waals surface area contributed by atoms with Crippen LogP contribution in [0.2, 0.25) is 0 Å². The summed E-state index contributed by atoms with van der Waals surface area (Å²) in [6.45, 7) is 5.09. The van der Waals surface area contributed by atoms with Gasteiger partial charge in [0.2, 0.25) is 11.8 Å². The molecule has 34 heavy (non-hydrogen) atoms. The highest BCUT2D eigenvalue weighted by molar-refractivity contribution is 6.12. The van der Waals surface area contributed by atoms with Gasteiger partial charge in [0.25, 0.3) is 23.6 Å². The summed E-state index contributed by atoms with van der Waals surface area (Å²) >= 11 is 0. The molecule has 0 aromatic rings. The number of rotatable bonds is 12. The molecule has 1 saturated heterocycles. The lowest BCUT2D eigenvalue weighted by Gasteiger charge is -2.24. The van der Waals surface area contributed by atoms with E-state index in [2.05, 4.69) is 10.6 Å². The van der Waals surface area contributed by atoms with Crippen molar-refractivity contribution in [3.8, 4) is 0 Å². The standard InChI is InChI=1S/C22H30N4O8/c1-13(2)20(21(32)23-14(3)22(33)34-26-18(30)10-11-19(26)31)24-15(27)7-5-4-6-12-25-16(28)8-9-17(25)29/h8-9,13-14,20H,4-7,10-12H2,1-3H3,(H,23,32)(H,24,27)/t14-,20?/m0/s1. The highest BCUT2D eigenvalue weighted by atomic mass is 16.7. The Kier molecular flexibility index (Phi) is 9.46. The molecule has 0 aromatic carbocycles. The summed E-state index contributed by atoms with van der Waals surface area (Å²) in [6.07, 6.45) is 4.18. The van der Waals surface area contributed by atoms with Crippen LogP contribution in [0, 0.1) is 5.92 Å². The zero-order chi connectivity index (χ0) is 25.4. The molecule has 0 saturated carbocycles. The number of hydroxylamine groups is 2. The molecule has 2 heterocycles. The van der Waals surface area contributed by atoms with Gasteiger partial charge in [-0.15, -0.1) is 5.06 Å². The average Bonchev–Trinajstić information content (AvgIpc) is 3.26. The van der Waals surface area contributed by atoms with E-state index in [1.807, 2.05) is 0 Å². The second-order valence-electron chi connectivity index (χ2n) is 8.48. The second kappa shape index (κ2) is 12.1. The number of nitrogens with zero attached hydrogens (tertiary/aromatic N) is 2. The van der Waals surface area contributed by atoms with Crippen LogP contribution < -0.4 is 10.6 Å². The van der Waals surface area contributed by atoms with Crippen LogP contribution in [0.15, 0.2) is 12.2 Å². The molecule has 0 radical (unpaired) electrons. The number of carbonyl (C=O) groups excluding carboxylic acids is 7. The van der Waals surface area contributed by atoms with Crippen LogP contribution in [-0.4, -0.2) is 70.0 Å². The number of hydrogen-bond acceptors (Lipinski definition) is 8. The summed E-state index contributed by atoms with van der Waals surface area (Å²) < 4.78 is 0. The highest BCUT2D eigenvalue weighted by Gasteiger charge is 2.35. The van der Waals surface area contributed by atoms with Crippen LogP contribution in [0.5, 0.6) is 0 Å². The molecule has 0 spiro atoms. The molecule has 0 aliphatic carbocycles. The molecular weight excluding hydrogens is 448 g/mol. The Morgan fingerprint density at radius 3 is 2.06 bits per heavy atom. The molecule has 1 fully saturated rings. The van der Waals surface area contributed by atoms with Crippen LogP contribution in [0.1, 0.15) is 59.3 Å². The number of imide groups is 2. The molecule has 12 nitrogen and oxygen atoms in total. The summed E-state index contributed by atoms with van der Waals surface area (Å²) in [4.78, 5) is 89.2. The average molecular weight is 479 g/mol. The van der Waals surface area contributed by atoms with E-state index in [1.165, 1.54) is 19.1 Å². The Balaban J connectivity index is 1.74. The van der Waals surface area contributed by atoms with Gasteiger partial charge in [0.1, 0.15) is 12.1 Å². The third-order valence-corrected chi connectivity index (χ3v) is 5.35. The van der Waals surface area contributed by atoms with Crippen molar-refractivity contribution < 1.29 is 38.4 Å². The predicted molar refractivity (Wildman–Crippen MR) is 116 cm³/mol. The lowest BCUT2D eigenvalue weighted by molar-refractivity contribution is -0.198. The molecule has 0 aromatic heterocycles. The van der Waals surface area contributed by atoms with Gasteiger partial charge >= 0.3 is 5.97 Å². The van der Waals surface area contributed by atoms with Crippen molar-refractivity contribution in [2.24, 2.45) is 5.92 Å². The third kappa shape index (κ3) is 7.22. The van der Waals surface area contributed by atoms with E-state index in [0.29, 0.717) is 24.3 Å². The van der Waals surface area contributed by atoms with Crippen molar-refractivity contribution in [2.45, 2.75) is 71.4 Å². The highest BCUT2D eigenvalue weighted by Crippen LogP contribution is 2.13.